The highest BCUT2D eigenvalue weighted by Crippen LogP contribution is 2.12. The molecule has 0 unspecified atom stereocenters. The van der Waals surface area contributed by atoms with E-state index in [1.165, 1.54) is 18.9 Å². The number of halogens is 1. The first kappa shape index (κ1) is 11.2. The second kappa shape index (κ2) is 5.76. The average molecular weight is 195 g/mol. The second-order valence-corrected chi connectivity index (χ2v) is 3.58. The van der Waals surface area contributed by atoms with Gasteiger partial charge in [0.2, 0.25) is 0 Å². The molecule has 0 aliphatic carbocycles. The van der Waals surface area contributed by atoms with Crippen LogP contribution in [0.2, 0.25) is 0 Å². The van der Waals surface area contributed by atoms with Crippen LogP contribution in [0.25, 0.3) is 0 Å². The molecular weight excluding hydrogens is 177 g/mol. The molecule has 0 aromatic heterocycles. The van der Waals surface area contributed by atoms with Crippen molar-refractivity contribution in [3.8, 4) is 0 Å². The number of likely N-dealkylation sites (tertiary alicyclic amines) is 1. The number of allylic oxidation sites excluding steroid dienone is 3. The molecule has 0 amide bonds. The molecule has 1 saturated heterocycles. The Bertz CT molecular complexity index is 247. The molecule has 0 radical (unpaired) electrons. The minimum Gasteiger partial charge on any atom is -0.299 e. The van der Waals surface area contributed by atoms with Crippen molar-refractivity contribution in [3.05, 3.63) is 36.2 Å². The number of hydrogen-bond donors (Lipinski definition) is 0. The molecule has 1 rings (SSSR count). The first-order valence-electron chi connectivity index (χ1n) is 5.13. The van der Waals surface area contributed by atoms with E-state index in [-0.39, 0.29) is 5.83 Å². The Balaban J connectivity index is 2.50. The van der Waals surface area contributed by atoms with E-state index in [0.717, 1.165) is 25.2 Å². The van der Waals surface area contributed by atoms with Crippen LogP contribution in [0.15, 0.2) is 36.2 Å². The normalized spacial score (nSPS) is 20.1. The zero-order chi connectivity index (χ0) is 10.4. The van der Waals surface area contributed by atoms with Crippen LogP contribution in [0.1, 0.15) is 19.8 Å². The molecule has 14 heavy (non-hydrogen) atoms. The van der Waals surface area contributed by atoms with Crippen LogP contribution >= 0.6 is 0 Å². The van der Waals surface area contributed by atoms with Crippen molar-refractivity contribution < 1.29 is 4.39 Å². The van der Waals surface area contributed by atoms with E-state index in [1.54, 1.807) is 6.08 Å². The Morgan fingerprint density at radius 1 is 1.43 bits per heavy atom. The summed E-state index contributed by atoms with van der Waals surface area (Å²) in [4.78, 5) is 2.35. The van der Waals surface area contributed by atoms with E-state index >= 15 is 0 Å². The van der Waals surface area contributed by atoms with E-state index in [4.69, 9.17) is 0 Å². The van der Waals surface area contributed by atoms with Crippen LogP contribution in [-0.2, 0) is 0 Å². The standard InChI is InChI=1S/C12H18FN/c1-3-11(9-12(13)4-2)10-14-7-5-6-8-14/h3-4,9H,2,5-8,10H2,1H3/b11-3+,12-9+. The van der Waals surface area contributed by atoms with Gasteiger partial charge in [-0.2, -0.15) is 0 Å². The van der Waals surface area contributed by atoms with Crippen molar-refractivity contribution in [1.29, 1.82) is 0 Å². The first-order chi connectivity index (χ1) is 6.76. The van der Waals surface area contributed by atoms with E-state index in [0.29, 0.717) is 0 Å². The Morgan fingerprint density at radius 3 is 2.57 bits per heavy atom. The molecule has 1 nitrogen and oxygen atoms in total. The van der Waals surface area contributed by atoms with Gasteiger partial charge >= 0.3 is 0 Å². The summed E-state index contributed by atoms with van der Waals surface area (Å²) >= 11 is 0. The van der Waals surface area contributed by atoms with Gasteiger partial charge in [-0.05, 0) is 50.6 Å². The average Bonchev–Trinajstić information content (AvgIpc) is 2.69. The lowest BCUT2D eigenvalue weighted by Gasteiger charge is -2.14. The minimum absolute atomic E-state index is 0.253. The van der Waals surface area contributed by atoms with Crippen LogP contribution in [0.3, 0.4) is 0 Å². The Labute approximate surface area is 85.6 Å². The van der Waals surface area contributed by atoms with E-state index in [2.05, 4.69) is 11.5 Å². The summed E-state index contributed by atoms with van der Waals surface area (Å²) in [6, 6.07) is 0. The van der Waals surface area contributed by atoms with Gasteiger partial charge in [0.1, 0.15) is 5.83 Å². The molecule has 1 heterocycles. The van der Waals surface area contributed by atoms with Crippen molar-refractivity contribution in [2.75, 3.05) is 19.6 Å². The SMILES string of the molecule is C=C/C(F)=C\C(=C/C)CN1CCCC1. The lowest BCUT2D eigenvalue weighted by Crippen LogP contribution is -2.21. The zero-order valence-electron chi connectivity index (χ0n) is 8.80. The summed E-state index contributed by atoms with van der Waals surface area (Å²) < 4.78 is 12.9. The summed E-state index contributed by atoms with van der Waals surface area (Å²) in [6.07, 6.45) is 7.30. The van der Waals surface area contributed by atoms with Gasteiger partial charge in [0.15, 0.2) is 0 Å². The molecular formula is C12H18FN. The van der Waals surface area contributed by atoms with Gasteiger partial charge in [-0.1, -0.05) is 12.7 Å². The molecule has 1 fully saturated rings. The van der Waals surface area contributed by atoms with Crippen LogP contribution in [-0.4, -0.2) is 24.5 Å². The molecule has 0 aromatic carbocycles. The molecule has 78 valence electrons. The molecule has 0 bridgehead atoms. The van der Waals surface area contributed by atoms with Crippen LogP contribution < -0.4 is 0 Å². The molecule has 2 heteroatoms. The smallest absolute Gasteiger partial charge is 0.122 e. The third-order valence-electron chi connectivity index (χ3n) is 2.49. The van der Waals surface area contributed by atoms with Gasteiger partial charge in [-0.15, -0.1) is 0 Å². The Morgan fingerprint density at radius 2 is 2.07 bits per heavy atom. The van der Waals surface area contributed by atoms with Gasteiger partial charge in [0.25, 0.3) is 0 Å². The molecule has 0 N–H and O–H groups in total. The monoisotopic (exact) mass is 195 g/mol. The highest BCUT2D eigenvalue weighted by atomic mass is 19.1. The number of hydrogen-bond acceptors (Lipinski definition) is 1. The summed E-state index contributed by atoms with van der Waals surface area (Å²) in [7, 11) is 0. The maximum absolute atomic E-state index is 12.9. The second-order valence-electron chi connectivity index (χ2n) is 3.58. The molecule has 0 atom stereocenters. The molecule has 0 aromatic rings. The van der Waals surface area contributed by atoms with Crippen molar-refractivity contribution in [2.45, 2.75) is 19.8 Å². The van der Waals surface area contributed by atoms with Crippen molar-refractivity contribution in [1.82, 2.24) is 4.90 Å². The summed E-state index contributed by atoms with van der Waals surface area (Å²) in [5.41, 5.74) is 1.03. The third kappa shape index (κ3) is 3.46. The molecule has 1 aliphatic heterocycles. The lowest BCUT2D eigenvalue weighted by molar-refractivity contribution is 0.371. The van der Waals surface area contributed by atoms with Crippen molar-refractivity contribution >= 4 is 0 Å². The first-order valence-corrected chi connectivity index (χ1v) is 5.13. The van der Waals surface area contributed by atoms with E-state index in [9.17, 15) is 4.39 Å². The van der Waals surface area contributed by atoms with Gasteiger partial charge in [-0.25, -0.2) is 4.39 Å². The third-order valence-corrected chi connectivity index (χ3v) is 2.49. The Kier molecular flexibility index (Phi) is 4.60. The fourth-order valence-electron chi connectivity index (χ4n) is 1.66. The lowest BCUT2D eigenvalue weighted by atomic mass is 10.2. The van der Waals surface area contributed by atoms with Gasteiger partial charge in [-0.3, -0.25) is 4.90 Å². The highest BCUT2D eigenvalue weighted by Gasteiger charge is 2.11. The number of rotatable bonds is 4. The Hall–Kier alpha value is -0.890. The summed E-state index contributed by atoms with van der Waals surface area (Å²) in [6.45, 7) is 8.48. The number of nitrogens with zero attached hydrogens (tertiary/aromatic N) is 1. The van der Waals surface area contributed by atoms with Gasteiger partial charge in [0.05, 0.1) is 0 Å². The fraction of sp³-hybridized carbons (Fsp3) is 0.500. The summed E-state index contributed by atoms with van der Waals surface area (Å²) in [5.74, 6) is -0.253. The summed E-state index contributed by atoms with van der Waals surface area (Å²) in [5, 5.41) is 0. The topological polar surface area (TPSA) is 3.24 Å². The predicted octanol–water partition coefficient (Wildman–Crippen LogP) is 3.07. The minimum atomic E-state index is -0.253. The predicted molar refractivity (Wildman–Crippen MR) is 58.8 cm³/mol. The zero-order valence-corrected chi connectivity index (χ0v) is 8.80. The quantitative estimate of drug-likeness (QED) is 0.623. The van der Waals surface area contributed by atoms with E-state index < -0.39 is 0 Å². The molecule has 1 aliphatic rings. The largest absolute Gasteiger partial charge is 0.299 e. The van der Waals surface area contributed by atoms with Crippen molar-refractivity contribution in [2.24, 2.45) is 0 Å². The van der Waals surface area contributed by atoms with Crippen molar-refractivity contribution in [3.63, 3.8) is 0 Å². The highest BCUT2D eigenvalue weighted by molar-refractivity contribution is 5.26. The fourth-order valence-corrected chi connectivity index (χ4v) is 1.66. The maximum atomic E-state index is 12.9. The van der Waals surface area contributed by atoms with Gasteiger partial charge < -0.3 is 0 Å². The van der Waals surface area contributed by atoms with Crippen LogP contribution in [0.5, 0.6) is 0 Å². The van der Waals surface area contributed by atoms with Crippen LogP contribution in [0.4, 0.5) is 4.39 Å². The van der Waals surface area contributed by atoms with E-state index in [1.807, 2.05) is 13.0 Å². The van der Waals surface area contributed by atoms with Crippen LogP contribution in [0, 0.1) is 0 Å². The maximum Gasteiger partial charge on any atom is 0.122 e. The van der Waals surface area contributed by atoms with Gasteiger partial charge in [0, 0.05) is 6.54 Å². The molecule has 0 saturated carbocycles. The molecule has 0 spiro atoms.